The fraction of sp³-hybridized carbons (Fsp3) is 0.550. The van der Waals surface area contributed by atoms with E-state index >= 15 is 0 Å². The third kappa shape index (κ3) is 4.73. The second-order valence-corrected chi connectivity index (χ2v) is 7.97. The molecule has 2 aromatic rings. The lowest BCUT2D eigenvalue weighted by atomic mass is 9.96. The summed E-state index contributed by atoms with van der Waals surface area (Å²) in [6.07, 6.45) is 0.937. The smallest absolute Gasteiger partial charge is 0.258 e. The van der Waals surface area contributed by atoms with E-state index in [1.807, 2.05) is 39.0 Å². The van der Waals surface area contributed by atoms with Crippen molar-refractivity contribution in [2.24, 2.45) is 0 Å². The molecule has 0 saturated carbocycles. The Balaban J connectivity index is 1.72. The molecule has 146 valence electrons. The average Bonchev–Trinajstić information content (AvgIpc) is 3.29. The average molecular weight is 372 g/mol. The van der Waals surface area contributed by atoms with Gasteiger partial charge in [-0.3, -0.25) is 9.69 Å². The highest BCUT2D eigenvalue weighted by Crippen LogP contribution is 2.26. The quantitative estimate of drug-likeness (QED) is 0.839. The Bertz CT molecular complexity index is 782. The van der Waals surface area contributed by atoms with Crippen LogP contribution in [0.1, 0.15) is 43.4 Å². The Kier molecular flexibility index (Phi) is 5.92. The fourth-order valence-corrected chi connectivity index (χ4v) is 3.14. The molecule has 1 unspecified atom stereocenters. The molecule has 27 heavy (non-hydrogen) atoms. The minimum atomic E-state index is -0.214. The van der Waals surface area contributed by atoms with Crippen molar-refractivity contribution < 1.29 is 14.1 Å². The van der Waals surface area contributed by atoms with Crippen molar-refractivity contribution >= 4 is 5.91 Å². The van der Waals surface area contributed by atoms with Gasteiger partial charge in [-0.05, 0) is 18.6 Å². The zero-order valence-electron chi connectivity index (χ0n) is 16.5. The molecular formula is C20H28N4O3. The van der Waals surface area contributed by atoms with Crippen LogP contribution < -0.4 is 5.32 Å². The lowest BCUT2D eigenvalue weighted by molar-refractivity contribution is 0.0937. The zero-order valence-corrected chi connectivity index (χ0v) is 16.5. The highest BCUT2D eigenvalue weighted by molar-refractivity contribution is 6.00. The van der Waals surface area contributed by atoms with Crippen LogP contribution in [-0.2, 0) is 10.2 Å². The van der Waals surface area contributed by atoms with E-state index in [0.717, 1.165) is 26.1 Å². The second kappa shape index (κ2) is 8.19. The minimum Gasteiger partial charge on any atom is -0.383 e. The summed E-state index contributed by atoms with van der Waals surface area (Å²) >= 11 is 0. The molecule has 1 saturated heterocycles. The van der Waals surface area contributed by atoms with E-state index in [1.54, 1.807) is 13.2 Å². The SMILES string of the molecule is COCCN1CCC(NC(=O)c2ccccc2-c2nc(C(C)(C)C)no2)C1. The van der Waals surface area contributed by atoms with Crippen LogP contribution in [0.15, 0.2) is 28.8 Å². The predicted octanol–water partition coefficient (Wildman–Crippen LogP) is 2.48. The highest BCUT2D eigenvalue weighted by atomic mass is 16.5. The molecule has 3 rings (SSSR count). The van der Waals surface area contributed by atoms with Crippen molar-refractivity contribution in [3.63, 3.8) is 0 Å². The Morgan fingerprint density at radius 3 is 2.85 bits per heavy atom. The first-order valence-electron chi connectivity index (χ1n) is 9.34. The monoisotopic (exact) mass is 372 g/mol. The number of carbonyl (C=O) groups is 1. The number of methoxy groups -OCH3 is 1. The van der Waals surface area contributed by atoms with Gasteiger partial charge in [-0.1, -0.05) is 38.1 Å². The van der Waals surface area contributed by atoms with Crippen LogP contribution in [-0.4, -0.2) is 60.3 Å². The maximum Gasteiger partial charge on any atom is 0.258 e. The topological polar surface area (TPSA) is 80.5 Å². The molecule has 0 spiro atoms. The van der Waals surface area contributed by atoms with Gasteiger partial charge in [0, 0.05) is 38.2 Å². The highest BCUT2D eigenvalue weighted by Gasteiger charge is 2.26. The van der Waals surface area contributed by atoms with Crippen molar-refractivity contribution in [3.05, 3.63) is 35.7 Å². The van der Waals surface area contributed by atoms with E-state index in [-0.39, 0.29) is 17.4 Å². The van der Waals surface area contributed by atoms with Gasteiger partial charge in [0.15, 0.2) is 5.82 Å². The summed E-state index contributed by atoms with van der Waals surface area (Å²) in [7, 11) is 1.70. The van der Waals surface area contributed by atoms with Gasteiger partial charge >= 0.3 is 0 Å². The summed E-state index contributed by atoms with van der Waals surface area (Å²) in [6.45, 7) is 9.47. The summed E-state index contributed by atoms with van der Waals surface area (Å²) in [5.74, 6) is 0.885. The van der Waals surface area contributed by atoms with Crippen LogP contribution in [0, 0.1) is 0 Å². The second-order valence-electron chi connectivity index (χ2n) is 7.97. The lowest BCUT2D eigenvalue weighted by Gasteiger charge is -2.16. The fourth-order valence-electron chi connectivity index (χ4n) is 3.14. The molecule has 7 heteroatoms. The Labute approximate surface area is 160 Å². The summed E-state index contributed by atoms with van der Waals surface area (Å²) in [5.41, 5.74) is 0.998. The summed E-state index contributed by atoms with van der Waals surface area (Å²) < 4.78 is 10.6. The first-order chi connectivity index (χ1) is 12.9. The summed E-state index contributed by atoms with van der Waals surface area (Å²) in [6, 6.07) is 7.49. The van der Waals surface area contributed by atoms with Gasteiger partial charge in [0.25, 0.3) is 11.8 Å². The number of rotatable bonds is 6. The van der Waals surface area contributed by atoms with Gasteiger partial charge < -0.3 is 14.6 Å². The zero-order chi connectivity index (χ0) is 19.4. The molecule has 0 radical (unpaired) electrons. The van der Waals surface area contributed by atoms with E-state index in [2.05, 4.69) is 20.4 Å². The van der Waals surface area contributed by atoms with Gasteiger partial charge in [-0.25, -0.2) is 0 Å². The normalized spacial score (nSPS) is 18.0. The predicted molar refractivity (Wildman–Crippen MR) is 103 cm³/mol. The van der Waals surface area contributed by atoms with Crippen LogP contribution in [0.5, 0.6) is 0 Å². The number of amides is 1. The van der Waals surface area contributed by atoms with Crippen LogP contribution in [0.25, 0.3) is 11.5 Å². The third-order valence-electron chi connectivity index (χ3n) is 4.72. The number of carbonyl (C=O) groups excluding carboxylic acids is 1. The van der Waals surface area contributed by atoms with Crippen LogP contribution in [0.2, 0.25) is 0 Å². The maximum absolute atomic E-state index is 12.9. The summed E-state index contributed by atoms with van der Waals surface area (Å²) in [4.78, 5) is 19.7. The molecular weight excluding hydrogens is 344 g/mol. The molecule has 1 amide bonds. The minimum absolute atomic E-state index is 0.111. The Morgan fingerprint density at radius 1 is 1.37 bits per heavy atom. The molecule has 1 aromatic heterocycles. The number of aromatic nitrogens is 2. The first kappa shape index (κ1) is 19.5. The molecule has 1 atom stereocenters. The van der Waals surface area contributed by atoms with Gasteiger partial charge in [-0.2, -0.15) is 4.98 Å². The molecule has 1 aliphatic heterocycles. The molecule has 0 bridgehead atoms. The van der Waals surface area contributed by atoms with Crippen LogP contribution >= 0.6 is 0 Å². The molecule has 1 aliphatic rings. The van der Waals surface area contributed by atoms with Crippen molar-refractivity contribution in [3.8, 4) is 11.5 Å². The van der Waals surface area contributed by atoms with Crippen molar-refractivity contribution in [1.29, 1.82) is 0 Å². The van der Waals surface area contributed by atoms with Crippen LogP contribution in [0.3, 0.4) is 0 Å². The van der Waals surface area contributed by atoms with Crippen molar-refractivity contribution in [2.75, 3.05) is 33.4 Å². The molecule has 0 aliphatic carbocycles. The number of likely N-dealkylation sites (tertiary alicyclic amines) is 1. The lowest BCUT2D eigenvalue weighted by Crippen LogP contribution is -2.37. The molecule has 1 aromatic carbocycles. The third-order valence-corrected chi connectivity index (χ3v) is 4.72. The Morgan fingerprint density at radius 2 is 2.15 bits per heavy atom. The number of hydrogen-bond donors (Lipinski definition) is 1. The molecule has 1 fully saturated rings. The number of hydrogen-bond acceptors (Lipinski definition) is 6. The van der Waals surface area contributed by atoms with Gasteiger partial charge in [0.05, 0.1) is 17.7 Å². The van der Waals surface area contributed by atoms with E-state index < -0.39 is 0 Å². The van der Waals surface area contributed by atoms with Crippen molar-refractivity contribution in [2.45, 2.75) is 38.6 Å². The maximum atomic E-state index is 12.9. The number of nitrogens with zero attached hydrogens (tertiary/aromatic N) is 3. The van der Waals surface area contributed by atoms with Crippen molar-refractivity contribution in [1.82, 2.24) is 20.4 Å². The van der Waals surface area contributed by atoms with E-state index in [4.69, 9.17) is 9.26 Å². The summed E-state index contributed by atoms with van der Waals surface area (Å²) in [5, 5.41) is 7.21. The van der Waals surface area contributed by atoms with E-state index in [1.165, 1.54) is 0 Å². The van der Waals surface area contributed by atoms with E-state index in [0.29, 0.717) is 29.4 Å². The van der Waals surface area contributed by atoms with Gasteiger partial charge in [-0.15, -0.1) is 0 Å². The molecule has 1 N–H and O–H groups in total. The largest absolute Gasteiger partial charge is 0.383 e. The standard InChI is InChI=1S/C20H28N4O3/c1-20(2,3)19-22-18(27-23-19)16-8-6-5-7-15(16)17(25)21-14-9-10-24(13-14)11-12-26-4/h5-8,14H,9-13H2,1-4H3,(H,21,25). The van der Waals surface area contributed by atoms with E-state index in [9.17, 15) is 4.79 Å². The number of ether oxygens (including phenoxy) is 1. The van der Waals surface area contributed by atoms with Gasteiger partial charge in [0.2, 0.25) is 0 Å². The van der Waals surface area contributed by atoms with Crippen LogP contribution in [0.4, 0.5) is 0 Å². The molecule has 2 heterocycles. The van der Waals surface area contributed by atoms with Gasteiger partial charge in [0.1, 0.15) is 0 Å². The molecule has 7 nitrogen and oxygen atoms in total. The number of benzene rings is 1. The first-order valence-corrected chi connectivity index (χ1v) is 9.34. The Hall–Kier alpha value is -2.25. The number of nitrogens with one attached hydrogen (secondary N) is 1.